The Kier molecular flexibility index (Phi) is 8.98. The molecule has 180 valence electrons. The Labute approximate surface area is 194 Å². The van der Waals surface area contributed by atoms with E-state index in [0.717, 1.165) is 22.7 Å². The van der Waals surface area contributed by atoms with Crippen molar-refractivity contribution in [3.63, 3.8) is 0 Å². The van der Waals surface area contributed by atoms with E-state index in [2.05, 4.69) is 47.7 Å². The van der Waals surface area contributed by atoms with Crippen LogP contribution < -0.4 is 10.6 Å². The summed E-state index contributed by atoms with van der Waals surface area (Å²) in [5.41, 5.74) is 7.87. The predicted octanol–water partition coefficient (Wildman–Crippen LogP) is 2.80. The first-order valence-electron chi connectivity index (χ1n) is 10.5. The second kappa shape index (κ2) is 11.3. The molecule has 0 aliphatic carbocycles. The zero-order valence-corrected chi connectivity index (χ0v) is 20.5. The molecule has 0 radical (unpaired) electrons. The van der Waals surface area contributed by atoms with Crippen LogP contribution in [0.4, 0.5) is 5.69 Å². The summed E-state index contributed by atoms with van der Waals surface area (Å²) in [6.45, 7) is 9.34. The van der Waals surface area contributed by atoms with Gasteiger partial charge >= 0.3 is 0 Å². The molecule has 0 atom stereocenters. The van der Waals surface area contributed by atoms with Crippen LogP contribution >= 0.6 is 0 Å². The lowest BCUT2D eigenvalue weighted by molar-refractivity contribution is 0.0950. The Morgan fingerprint density at radius 1 is 1.15 bits per heavy atom. The van der Waals surface area contributed by atoms with Crippen molar-refractivity contribution in [3.05, 3.63) is 64.1 Å². The van der Waals surface area contributed by atoms with E-state index in [1.165, 1.54) is 16.7 Å². The molecule has 0 bridgehead atoms. The highest BCUT2D eigenvalue weighted by molar-refractivity contribution is 7.85. The van der Waals surface area contributed by atoms with Crippen LogP contribution in [0.1, 0.15) is 44.9 Å². The number of fused-ring (bicyclic) bond motifs is 1. The van der Waals surface area contributed by atoms with E-state index >= 15 is 0 Å². The summed E-state index contributed by atoms with van der Waals surface area (Å²) in [6.07, 6.45) is 3.07. The number of carbonyl (C=O) groups is 1. The maximum atomic E-state index is 12.6. The molecule has 4 N–H and O–H groups in total. The fourth-order valence-electron chi connectivity index (χ4n) is 3.32. The van der Waals surface area contributed by atoms with Gasteiger partial charge in [0.25, 0.3) is 16.0 Å². The Hall–Kier alpha value is -2.95. The third kappa shape index (κ3) is 7.55. The second-order valence-electron chi connectivity index (χ2n) is 7.91. The fourth-order valence-corrected chi connectivity index (χ4v) is 3.32. The molecule has 2 aromatic heterocycles. The minimum absolute atomic E-state index is 0.0573. The number of aliphatic hydroxyl groups excluding tert-OH is 1. The van der Waals surface area contributed by atoms with Crippen molar-refractivity contribution >= 4 is 27.4 Å². The van der Waals surface area contributed by atoms with E-state index in [-0.39, 0.29) is 12.5 Å². The summed E-state index contributed by atoms with van der Waals surface area (Å²) in [7, 11) is -3.67. The highest BCUT2D eigenvalue weighted by Gasteiger charge is 2.15. The highest BCUT2D eigenvalue weighted by atomic mass is 32.2. The van der Waals surface area contributed by atoms with Crippen LogP contribution in [-0.4, -0.2) is 52.8 Å². The first-order chi connectivity index (χ1) is 15.4. The Morgan fingerprint density at radius 2 is 1.76 bits per heavy atom. The molecule has 2 heterocycles. The molecule has 1 aromatic carbocycles. The zero-order valence-electron chi connectivity index (χ0n) is 19.6. The lowest BCUT2D eigenvalue weighted by Crippen LogP contribution is -2.25. The van der Waals surface area contributed by atoms with E-state index in [0.29, 0.717) is 31.3 Å². The van der Waals surface area contributed by atoms with E-state index < -0.39 is 10.1 Å². The summed E-state index contributed by atoms with van der Waals surface area (Å²) in [4.78, 5) is 17.2. The second-order valence-corrected chi connectivity index (χ2v) is 9.37. The van der Waals surface area contributed by atoms with Gasteiger partial charge in [-0.05, 0) is 56.9 Å². The van der Waals surface area contributed by atoms with Crippen molar-refractivity contribution in [2.75, 3.05) is 24.7 Å². The molecule has 3 rings (SSSR count). The molecular formula is C23H32N4O5S. The smallest absolute Gasteiger partial charge is 0.261 e. The van der Waals surface area contributed by atoms with Gasteiger partial charge in [-0.3, -0.25) is 9.35 Å². The number of aliphatic hydroxyl groups is 1. The SMILES string of the molecule is CS(=O)(=O)O.Cc1cccc(C)c1CNc1cc(C(=O)NCCCO)cn2c(C)c(C)nc12. The molecule has 0 aliphatic heterocycles. The Morgan fingerprint density at radius 3 is 2.33 bits per heavy atom. The molecule has 0 fully saturated rings. The van der Waals surface area contributed by atoms with Crippen LogP contribution in [0, 0.1) is 27.7 Å². The molecule has 9 nitrogen and oxygen atoms in total. The number of aromatic nitrogens is 2. The average molecular weight is 477 g/mol. The largest absolute Gasteiger partial charge is 0.396 e. The fraction of sp³-hybridized carbons (Fsp3) is 0.391. The molecule has 0 spiro atoms. The number of hydrogen-bond donors (Lipinski definition) is 4. The van der Waals surface area contributed by atoms with E-state index in [1.807, 2.05) is 30.5 Å². The van der Waals surface area contributed by atoms with Gasteiger partial charge in [0, 0.05) is 31.6 Å². The standard InChI is InChI=1S/C22H28N4O2.CH4O3S/c1-14-7-5-8-15(2)19(14)12-24-20-11-18(22(28)23-9-6-10-27)13-26-17(4)16(3)25-21(20)26;1-5(2,3)4/h5,7-8,11,13,24,27H,6,9-10,12H2,1-4H3,(H,23,28);1H3,(H,2,3,4). The van der Waals surface area contributed by atoms with Crippen LogP contribution in [0.3, 0.4) is 0 Å². The molecule has 3 aromatic rings. The van der Waals surface area contributed by atoms with Gasteiger partial charge in [-0.15, -0.1) is 0 Å². The van der Waals surface area contributed by atoms with Gasteiger partial charge in [-0.2, -0.15) is 8.42 Å². The van der Waals surface area contributed by atoms with Gasteiger partial charge in [0.1, 0.15) is 0 Å². The highest BCUT2D eigenvalue weighted by Crippen LogP contribution is 2.24. The summed E-state index contributed by atoms with van der Waals surface area (Å²) in [5, 5.41) is 15.3. The summed E-state index contributed by atoms with van der Waals surface area (Å²) >= 11 is 0. The summed E-state index contributed by atoms with van der Waals surface area (Å²) in [5.74, 6) is -0.156. The molecule has 0 saturated carbocycles. The van der Waals surface area contributed by atoms with Crippen molar-refractivity contribution in [1.82, 2.24) is 14.7 Å². The van der Waals surface area contributed by atoms with Crippen LogP contribution in [0.5, 0.6) is 0 Å². The van der Waals surface area contributed by atoms with Gasteiger partial charge in [-0.25, -0.2) is 4.98 Å². The van der Waals surface area contributed by atoms with Crippen LogP contribution in [0.15, 0.2) is 30.5 Å². The number of imidazole rings is 1. The monoisotopic (exact) mass is 476 g/mol. The average Bonchev–Trinajstić information content (AvgIpc) is 3.00. The van der Waals surface area contributed by atoms with Gasteiger partial charge in [0.15, 0.2) is 5.65 Å². The molecule has 0 aliphatic rings. The van der Waals surface area contributed by atoms with Gasteiger partial charge in [0.2, 0.25) is 0 Å². The first kappa shape index (κ1) is 26.3. The van der Waals surface area contributed by atoms with Crippen molar-refractivity contribution in [1.29, 1.82) is 0 Å². The Bertz CT molecular complexity index is 1210. The molecular weight excluding hydrogens is 444 g/mol. The number of amides is 1. The van der Waals surface area contributed by atoms with E-state index in [4.69, 9.17) is 9.66 Å². The number of nitrogens with zero attached hydrogens (tertiary/aromatic N) is 2. The number of carbonyl (C=O) groups excluding carboxylic acids is 1. The van der Waals surface area contributed by atoms with Gasteiger partial charge in [-0.1, -0.05) is 18.2 Å². The van der Waals surface area contributed by atoms with Crippen molar-refractivity contribution < 1.29 is 22.9 Å². The van der Waals surface area contributed by atoms with Crippen LogP contribution in [0.2, 0.25) is 0 Å². The van der Waals surface area contributed by atoms with Crippen molar-refractivity contribution in [2.24, 2.45) is 0 Å². The lowest BCUT2D eigenvalue weighted by Gasteiger charge is -2.14. The van der Waals surface area contributed by atoms with E-state index in [9.17, 15) is 13.2 Å². The first-order valence-corrected chi connectivity index (χ1v) is 12.4. The maximum absolute atomic E-state index is 12.6. The quantitative estimate of drug-likeness (QED) is 0.304. The minimum atomic E-state index is -3.67. The van der Waals surface area contributed by atoms with Gasteiger partial charge < -0.3 is 20.1 Å². The number of benzene rings is 1. The molecule has 1 amide bonds. The summed E-state index contributed by atoms with van der Waals surface area (Å²) < 4.78 is 27.8. The number of nitrogens with one attached hydrogen (secondary N) is 2. The number of aryl methyl sites for hydroxylation is 4. The molecule has 33 heavy (non-hydrogen) atoms. The number of pyridine rings is 1. The number of hydrogen-bond acceptors (Lipinski definition) is 6. The lowest BCUT2D eigenvalue weighted by atomic mass is 10.0. The maximum Gasteiger partial charge on any atom is 0.261 e. The van der Waals surface area contributed by atoms with Crippen molar-refractivity contribution in [3.8, 4) is 0 Å². The van der Waals surface area contributed by atoms with Crippen molar-refractivity contribution in [2.45, 2.75) is 40.7 Å². The van der Waals surface area contributed by atoms with Crippen LogP contribution in [-0.2, 0) is 16.7 Å². The van der Waals surface area contributed by atoms with Gasteiger partial charge in [0.05, 0.1) is 23.2 Å². The van der Waals surface area contributed by atoms with E-state index in [1.54, 1.807) is 0 Å². The molecule has 0 unspecified atom stereocenters. The zero-order chi connectivity index (χ0) is 24.8. The minimum Gasteiger partial charge on any atom is -0.396 e. The van der Waals surface area contributed by atoms with Crippen LogP contribution in [0.25, 0.3) is 5.65 Å². The summed E-state index contributed by atoms with van der Waals surface area (Å²) in [6, 6.07) is 8.12. The number of rotatable bonds is 7. The normalized spacial score (nSPS) is 11.1. The topological polar surface area (TPSA) is 133 Å². The molecule has 0 saturated heterocycles. The third-order valence-electron chi connectivity index (χ3n) is 5.18. The third-order valence-corrected chi connectivity index (χ3v) is 5.18. The molecule has 10 heteroatoms. The predicted molar refractivity (Wildman–Crippen MR) is 129 cm³/mol. The number of anilines is 1. The Balaban J connectivity index is 0.000000696.